The second-order valence-electron chi connectivity index (χ2n) is 7.64. The van der Waals surface area contributed by atoms with Gasteiger partial charge in [-0.1, -0.05) is 32.0 Å². The van der Waals surface area contributed by atoms with E-state index in [1.807, 2.05) is 45.0 Å². The van der Waals surface area contributed by atoms with E-state index in [-0.39, 0.29) is 30.3 Å². The van der Waals surface area contributed by atoms with Crippen LogP contribution < -0.4 is 10.6 Å². The summed E-state index contributed by atoms with van der Waals surface area (Å²) in [6, 6.07) is 7.19. The summed E-state index contributed by atoms with van der Waals surface area (Å²) in [5.41, 5.74) is 1.75. The Morgan fingerprint density at radius 1 is 1.14 bits per heavy atom. The number of hydrogen-bond acceptors (Lipinski definition) is 3. The third-order valence-corrected chi connectivity index (χ3v) is 4.70. The fraction of sp³-hybridized carbons (Fsp3) is 0.476. The summed E-state index contributed by atoms with van der Waals surface area (Å²) in [5.74, 6) is -1.68. The van der Waals surface area contributed by atoms with Gasteiger partial charge in [0.1, 0.15) is 0 Å². The summed E-state index contributed by atoms with van der Waals surface area (Å²) in [5, 5.41) is 15.8. The highest BCUT2D eigenvalue weighted by molar-refractivity contribution is 5.93. The van der Waals surface area contributed by atoms with Crippen molar-refractivity contribution in [1.82, 2.24) is 15.2 Å². The molecule has 1 heterocycles. The van der Waals surface area contributed by atoms with Crippen LogP contribution in [0.1, 0.15) is 39.2 Å². The number of aliphatic carboxylic acids is 1. The van der Waals surface area contributed by atoms with E-state index in [9.17, 15) is 19.5 Å². The second kappa shape index (κ2) is 9.39. The number of para-hydroxylation sites is 1. The van der Waals surface area contributed by atoms with E-state index in [1.54, 1.807) is 17.8 Å². The van der Waals surface area contributed by atoms with Crippen molar-refractivity contribution in [3.05, 3.63) is 36.0 Å². The molecule has 0 spiro atoms. The zero-order valence-corrected chi connectivity index (χ0v) is 16.9. The maximum Gasteiger partial charge on any atom is 0.325 e. The Hall–Kier alpha value is -2.83. The van der Waals surface area contributed by atoms with Crippen LogP contribution in [0.3, 0.4) is 0 Å². The van der Waals surface area contributed by atoms with Crippen LogP contribution in [0, 0.1) is 11.8 Å². The molecule has 0 aliphatic carbocycles. The molecular weight excluding hydrogens is 358 g/mol. The Kier molecular flexibility index (Phi) is 7.20. The van der Waals surface area contributed by atoms with Gasteiger partial charge in [-0.3, -0.25) is 14.2 Å². The Bertz CT molecular complexity index is 856. The molecular formula is C21H29N3O4. The first-order valence-corrected chi connectivity index (χ1v) is 9.56. The molecule has 0 aliphatic heterocycles. The van der Waals surface area contributed by atoms with Gasteiger partial charge in [-0.25, -0.2) is 4.79 Å². The first-order valence-electron chi connectivity index (χ1n) is 9.56. The number of aromatic nitrogens is 1. The SMILES string of the molecule is CNC(=O)n1cc(C[C@@H](C)NC(=O)CC(CC(C)C)C(=O)O)c2ccccc21. The van der Waals surface area contributed by atoms with Gasteiger partial charge in [0.15, 0.2) is 0 Å². The lowest BCUT2D eigenvalue weighted by molar-refractivity contribution is -0.144. The van der Waals surface area contributed by atoms with Crippen molar-refractivity contribution in [3.8, 4) is 0 Å². The van der Waals surface area contributed by atoms with E-state index >= 15 is 0 Å². The largest absolute Gasteiger partial charge is 0.481 e. The van der Waals surface area contributed by atoms with Gasteiger partial charge >= 0.3 is 12.0 Å². The molecule has 0 bridgehead atoms. The molecule has 152 valence electrons. The third kappa shape index (κ3) is 5.34. The lowest BCUT2D eigenvalue weighted by Gasteiger charge is -2.17. The average Bonchev–Trinajstić information content (AvgIpc) is 2.98. The number of nitrogens with one attached hydrogen (secondary N) is 2. The highest BCUT2D eigenvalue weighted by Crippen LogP contribution is 2.23. The molecule has 7 nitrogen and oxygen atoms in total. The summed E-state index contributed by atoms with van der Waals surface area (Å²) < 4.78 is 1.56. The van der Waals surface area contributed by atoms with Crippen molar-refractivity contribution >= 4 is 28.8 Å². The molecule has 0 saturated carbocycles. The number of carbonyl (C=O) groups excluding carboxylic acids is 2. The number of benzene rings is 1. The van der Waals surface area contributed by atoms with Crippen LogP contribution in [-0.4, -0.2) is 40.7 Å². The van der Waals surface area contributed by atoms with Crippen molar-refractivity contribution in [2.75, 3.05) is 7.05 Å². The molecule has 1 unspecified atom stereocenters. The summed E-state index contributed by atoms with van der Waals surface area (Å²) >= 11 is 0. The number of carboxylic acid groups (broad SMARTS) is 1. The molecule has 2 aromatic rings. The lowest BCUT2D eigenvalue weighted by atomic mass is 9.94. The molecule has 0 aliphatic rings. The van der Waals surface area contributed by atoms with Crippen molar-refractivity contribution in [2.45, 2.75) is 46.1 Å². The second-order valence-corrected chi connectivity index (χ2v) is 7.64. The molecule has 0 saturated heterocycles. The van der Waals surface area contributed by atoms with E-state index in [2.05, 4.69) is 10.6 Å². The maximum atomic E-state index is 12.3. The van der Waals surface area contributed by atoms with Gasteiger partial charge in [0.05, 0.1) is 11.4 Å². The molecule has 2 amide bonds. The number of fused-ring (bicyclic) bond motifs is 1. The Morgan fingerprint density at radius 2 is 1.82 bits per heavy atom. The molecule has 3 N–H and O–H groups in total. The molecule has 1 aromatic carbocycles. The minimum atomic E-state index is -0.940. The van der Waals surface area contributed by atoms with E-state index in [4.69, 9.17) is 0 Å². The first-order chi connectivity index (χ1) is 13.2. The van der Waals surface area contributed by atoms with Crippen molar-refractivity contribution < 1.29 is 19.5 Å². The topological polar surface area (TPSA) is 100 Å². The van der Waals surface area contributed by atoms with Gasteiger partial charge in [0.25, 0.3) is 0 Å². The fourth-order valence-electron chi connectivity index (χ4n) is 3.48. The van der Waals surface area contributed by atoms with Gasteiger partial charge in [-0.2, -0.15) is 0 Å². The maximum absolute atomic E-state index is 12.3. The summed E-state index contributed by atoms with van der Waals surface area (Å²) in [6.07, 6.45) is 2.76. The van der Waals surface area contributed by atoms with E-state index in [1.165, 1.54) is 0 Å². The minimum Gasteiger partial charge on any atom is -0.481 e. The molecule has 2 rings (SSSR count). The summed E-state index contributed by atoms with van der Waals surface area (Å²) in [6.45, 7) is 5.76. The number of carbonyl (C=O) groups is 3. The third-order valence-electron chi connectivity index (χ3n) is 4.70. The number of carboxylic acids is 1. The van der Waals surface area contributed by atoms with Crippen LogP contribution in [-0.2, 0) is 16.0 Å². The van der Waals surface area contributed by atoms with Crippen LogP contribution in [0.2, 0.25) is 0 Å². The fourth-order valence-corrected chi connectivity index (χ4v) is 3.48. The first kappa shape index (κ1) is 21.5. The quantitative estimate of drug-likeness (QED) is 0.648. The number of nitrogens with zero attached hydrogens (tertiary/aromatic N) is 1. The van der Waals surface area contributed by atoms with Crippen LogP contribution in [0.5, 0.6) is 0 Å². The summed E-state index contributed by atoms with van der Waals surface area (Å²) in [4.78, 5) is 35.8. The Labute approximate surface area is 165 Å². The van der Waals surface area contributed by atoms with Gasteiger partial charge in [-0.15, -0.1) is 0 Å². The van der Waals surface area contributed by atoms with E-state index in [0.29, 0.717) is 12.8 Å². The predicted molar refractivity (Wildman–Crippen MR) is 108 cm³/mol. The molecule has 1 aromatic heterocycles. The molecule has 0 fully saturated rings. The standard InChI is InChI=1S/C21H29N3O4/c1-13(2)9-15(20(26)27)11-19(25)23-14(3)10-16-12-24(21(28)22-4)18-8-6-5-7-17(16)18/h5-8,12-15H,9-11H2,1-4H3,(H,22,28)(H,23,25)(H,26,27)/t14-,15?/m1/s1. The average molecular weight is 387 g/mol. The number of rotatable bonds is 8. The van der Waals surface area contributed by atoms with Crippen molar-refractivity contribution in [3.63, 3.8) is 0 Å². The zero-order chi connectivity index (χ0) is 20.8. The number of hydrogen-bond donors (Lipinski definition) is 3. The zero-order valence-electron chi connectivity index (χ0n) is 16.9. The highest BCUT2D eigenvalue weighted by atomic mass is 16.4. The van der Waals surface area contributed by atoms with Gasteiger partial charge in [0.2, 0.25) is 5.91 Å². The van der Waals surface area contributed by atoms with E-state index < -0.39 is 11.9 Å². The minimum absolute atomic E-state index is 0.0299. The van der Waals surface area contributed by atoms with Crippen molar-refractivity contribution in [2.24, 2.45) is 11.8 Å². The summed E-state index contributed by atoms with van der Waals surface area (Å²) in [7, 11) is 1.58. The van der Waals surface area contributed by atoms with Crippen LogP contribution in [0.15, 0.2) is 30.5 Å². The van der Waals surface area contributed by atoms with E-state index in [0.717, 1.165) is 16.5 Å². The molecule has 2 atom stereocenters. The van der Waals surface area contributed by atoms with Gasteiger partial charge in [-0.05, 0) is 37.3 Å². The molecule has 28 heavy (non-hydrogen) atoms. The smallest absolute Gasteiger partial charge is 0.325 e. The number of amides is 2. The molecule has 7 heteroatoms. The van der Waals surface area contributed by atoms with Gasteiger partial charge in [0, 0.05) is 31.1 Å². The van der Waals surface area contributed by atoms with Crippen LogP contribution >= 0.6 is 0 Å². The normalized spacial score (nSPS) is 13.3. The molecule has 0 radical (unpaired) electrons. The lowest BCUT2D eigenvalue weighted by Crippen LogP contribution is -2.36. The highest BCUT2D eigenvalue weighted by Gasteiger charge is 2.23. The monoisotopic (exact) mass is 387 g/mol. The predicted octanol–water partition coefficient (Wildman–Crippen LogP) is 3.01. The van der Waals surface area contributed by atoms with Crippen molar-refractivity contribution in [1.29, 1.82) is 0 Å². The van der Waals surface area contributed by atoms with Crippen LogP contribution in [0.4, 0.5) is 4.79 Å². The Balaban J connectivity index is 2.08. The van der Waals surface area contributed by atoms with Gasteiger partial charge < -0.3 is 15.7 Å². The van der Waals surface area contributed by atoms with Crippen LogP contribution in [0.25, 0.3) is 10.9 Å². The Morgan fingerprint density at radius 3 is 2.43 bits per heavy atom.